The molecule has 1 N–H and O–H groups in total. The van der Waals surface area contributed by atoms with Crippen molar-refractivity contribution in [1.82, 2.24) is 4.90 Å². The van der Waals surface area contributed by atoms with E-state index in [9.17, 15) is 14.4 Å². The Morgan fingerprint density at radius 3 is 2.35 bits per heavy atom. The van der Waals surface area contributed by atoms with Crippen LogP contribution in [-0.2, 0) is 16.1 Å². The molecule has 1 heterocycles. The SMILES string of the molecule is COc1ccc(CN=NCC2C(=O)CN(C(=O)O)CC2=O)cc1. The van der Waals surface area contributed by atoms with Gasteiger partial charge in [0.05, 0.1) is 33.3 Å². The van der Waals surface area contributed by atoms with Gasteiger partial charge in [-0.2, -0.15) is 10.2 Å². The molecule has 1 fully saturated rings. The normalized spacial score (nSPS) is 16.1. The van der Waals surface area contributed by atoms with Crippen molar-refractivity contribution in [3.63, 3.8) is 0 Å². The van der Waals surface area contributed by atoms with Gasteiger partial charge in [-0.25, -0.2) is 4.79 Å². The zero-order valence-corrected chi connectivity index (χ0v) is 12.6. The molecule has 0 saturated carbocycles. The first kappa shape index (κ1) is 16.6. The highest BCUT2D eigenvalue weighted by Crippen LogP contribution is 2.14. The Bertz CT molecular complexity index is 609. The molecule has 1 aromatic rings. The first-order valence-corrected chi connectivity index (χ1v) is 7.00. The summed E-state index contributed by atoms with van der Waals surface area (Å²) in [5, 5.41) is 16.7. The maximum atomic E-state index is 11.8. The second kappa shape index (κ2) is 7.48. The molecule has 8 heteroatoms. The van der Waals surface area contributed by atoms with Crippen LogP contribution >= 0.6 is 0 Å². The van der Waals surface area contributed by atoms with Crippen LogP contribution in [0.2, 0.25) is 0 Å². The van der Waals surface area contributed by atoms with Gasteiger partial charge in [-0.3, -0.25) is 14.5 Å². The van der Waals surface area contributed by atoms with E-state index in [1.807, 2.05) is 12.1 Å². The quantitative estimate of drug-likeness (QED) is 0.651. The van der Waals surface area contributed by atoms with E-state index in [1.54, 1.807) is 19.2 Å². The molecule has 1 aromatic carbocycles. The molecule has 0 radical (unpaired) electrons. The molecular weight excluding hydrogens is 302 g/mol. The predicted molar refractivity (Wildman–Crippen MR) is 79.5 cm³/mol. The lowest BCUT2D eigenvalue weighted by Gasteiger charge is -2.26. The fraction of sp³-hybridized carbons (Fsp3) is 0.400. The van der Waals surface area contributed by atoms with Crippen molar-refractivity contribution >= 4 is 17.7 Å². The number of hydrogen-bond donors (Lipinski definition) is 1. The number of carbonyl (C=O) groups excluding carboxylic acids is 2. The number of piperidine rings is 1. The number of azo groups is 1. The van der Waals surface area contributed by atoms with Gasteiger partial charge < -0.3 is 9.84 Å². The third kappa shape index (κ3) is 4.35. The largest absolute Gasteiger partial charge is 0.497 e. The van der Waals surface area contributed by atoms with Crippen LogP contribution in [-0.4, -0.2) is 54.4 Å². The van der Waals surface area contributed by atoms with E-state index < -0.39 is 23.6 Å². The van der Waals surface area contributed by atoms with Crippen LogP contribution in [0.25, 0.3) is 0 Å². The molecule has 0 unspecified atom stereocenters. The van der Waals surface area contributed by atoms with Crippen molar-refractivity contribution < 1.29 is 24.2 Å². The Hall–Kier alpha value is -2.77. The molecule has 1 aliphatic heterocycles. The summed E-state index contributed by atoms with van der Waals surface area (Å²) in [6.45, 7) is -0.263. The van der Waals surface area contributed by atoms with E-state index in [4.69, 9.17) is 9.84 Å². The standard InChI is InChI=1S/C15H17N3O5/c1-23-11-4-2-10(3-5-11)6-16-17-7-12-13(19)8-18(15(21)22)9-14(12)20/h2-5,12H,6-9H2,1H3,(H,21,22). The minimum absolute atomic E-state index is 0.0404. The Morgan fingerprint density at radius 2 is 1.83 bits per heavy atom. The number of amides is 1. The Morgan fingerprint density at radius 1 is 1.22 bits per heavy atom. The van der Waals surface area contributed by atoms with E-state index in [0.29, 0.717) is 6.54 Å². The summed E-state index contributed by atoms with van der Waals surface area (Å²) in [4.78, 5) is 35.2. The number of ether oxygens (including phenoxy) is 1. The monoisotopic (exact) mass is 319 g/mol. The molecule has 1 saturated heterocycles. The van der Waals surface area contributed by atoms with Crippen LogP contribution in [0.3, 0.4) is 0 Å². The van der Waals surface area contributed by atoms with Crippen molar-refractivity contribution in [2.24, 2.45) is 16.1 Å². The Balaban J connectivity index is 1.86. The van der Waals surface area contributed by atoms with Crippen LogP contribution in [0, 0.1) is 5.92 Å². The number of methoxy groups -OCH3 is 1. The summed E-state index contributed by atoms with van der Waals surface area (Å²) in [6, 6.07) is 7.30. The van der Waals surface area contributed by atoms with Gasteiger partial charge in [-0.1, -0.05) is 12.1 Å². The van der Waals surface area contributed by atoms with E-state index in [1.165, 1.54) is 0 Å². The minimum atomic E-state index is -1.27. The van der Waals surface area contributed by atoms with Crippen molar-refractivity contribution in [3.05, 3.63) is 29.8 Å². The minimum Gasteiger partial charge on any atom is -0.497 e. The van der Waals surface area contributed by atoms with E-state index in [0.717, 1.165) is 16.2 Å². The van der Waals surface area contributed by atoms with Gasteiger partial charge in [0.2, 0.25) is 0 Å². The highest BCUT2D eigenvalue weighted by molar-refractivity contribution is 6.08. The van der Waals surface area contributed by atoms with Gasteiger partial charge >= 0.3 is 6.09 Å². The molecular formula is C15H17N3O5. The predicted octanol–water partition coefficient (Wildman–Crippen LogP) is 1.40. The van der Waals surface area contributed by atoms with Crippen LogP contribution in [0.1, 0.15) is 5.56 Å². The number of hydrogen-bond acceptors (Lipinski definition) is 6. The third-order valence-electron chi connectivity index (χ3n) is 3.52. The zero-order valence-electron chi connectivity index (χ0n) is 12.6. The summed E-state index contributed by atoms with van der Waals surface area (Å²) in [5.41, 5.74) is 0.924. The molecule has 0 bridgehead atoms. The maximum absolute atomic E-state index is 11.8. The van der Waals surface area contributed by atoms with Gasteiger partial charge in [0.1, 0.15) is 11.7 Å². The fourth-order valence-electron chi connectivity index (χ4n) is 2.17. The van der Waals surface area contributed by atoms with Crippen LogP contribution < -0.4 is 4.74 Å². The number of ketones is 2. The molecule has 8 nitrogen and oxygen atoms in total. The molecule has 1 aliphatic rings. The number of carboxylic acid groups (broad SMARTS) is 1. The molecule has 1 amide bonds. The fourth-order valence-corrected chi connectivity index (χ4v) is 2.17. The molecule has 2 rings (SSSR count). The van der Waals surface area contributed by atoms with Crippen molar-refractivity contribution in [2.45, 2.75) is 6.54 Å². The third-order valence-corrected chi connectivity index (χ3v) is 3.52. The molecule has 0 atom stereocenters. The highest BCUT2D eigenvalue weighted by atomic mass is 16.5. The van der Waals surface area contributed by atoms with Gasteiger partial charge in [-0.15, -0.1) is 0 Å². The summed E-state index contributed by atoms with van der Waals surface area (Å²) in [6.07, 6.45) is -1.27. The van der Waals surface area contributed by atoms with Gasteiger partial charge in [0.25, 0.3) is 0 Å². The zero-order chi connectivity index (χ0) is 16.8. The van der Waals surface area contributed by atoms with E-state index in [2.05, 4.69) is 10.2 Å². The lowest BCUT2D eigenvalue weighted by atomic mass is 9.94. The topological polar surface area (TPSA) is 109 Å². The number of benzene rings is 1. The molecule has 0 aromatic heterocycles. The molecule has 0 aliphatic carbocycles. The van der Waals surface area contributed by atoms with Gasteiger partial charge in [0.15, 0.2) is 11.6 Å². The molecule has 23 heavy (non-hydrogen) atoms. The molecule has 0 spiro atoms. The second-order valence-electron chi connectivity index (χ2n) is 5.10. The van der Waals surface area contributed by atoms with Crippen molar-refractivity contribution in [1.29, 1.82) is 0 Å². The molecule has 122 valence electrons. The van der Waals surface area contributed by atoms with Gasteiger partial charge in [-0.05, 0) is 17.7 Å². The van der Waals surface area contributed by atoms with Crippen LogP contribution in [0.4, 0.5) is 4.79 Å². The summed E-state index contributed by atoms with van der Waals surface area (Å²) >= 11 is 0. The number of Topliss-reactive ketones (excluding diaryl/α,β-unsaturated/α-hetero) is 2. The van der Waals surface area contributed by atoms with E-state index >= 15 is 0 Å². The smallest absolute Gasteiger partial charge is 0.408 e. The van der Waals surface area contributed by atoms with E-state index in [-0.39, 0.29) is 19.6 Å². The summed E-state index contributed by atoms with van der Waals surface area (Å²) < 4.78 is 5.05. The lowest BCUT2D eigenvalue weighted by molar-refractivity contribution is -0.137. The number of nitrogens with zero attached hydrogens (tertiary/aromatic N) is 3. The van der Waals surface area contributed by atoms with Crippen molar-refractivity contribution in [3.8, 4) is 5.75 Å². The average Bonchev–Trinajstić information content (AvgIpc) is 2.53. The van der Waals surface area contributed by atoms with Crippen molar-refractivity contribution in [2.75, 3.05) is 26.7 Å². The number of rotatable bonds is 5. The number of carbonyl (C=O) groups is 3. The number of likely N-dealkylation sites (tertiary alicyclic amines) is 1. The Kier molecular flexibility index (Phi) is 5.40. The first-order chi connectivity index (χ1) is 11.0. The lowest BCUT2D eigenvalue weighted by Crippen LogP contribution is -2.50. The first-order valence-electron chi connectivity index (χ1n) is 7.00. The van der Waals surface area contributed by atoms with Gasteiger partial charge in [0, 0.05) is 0 Å². The second-order valence-corrected chi connectivity index (χ2v) is 5.10. The average molecular weight is 319 g/mol. The summed E-state index contributed by atoms with van der Waals surface area (Å²) in [5.74, 6) is -1.03. The maximum Gasteiger partial charge on any atom is 0.408 e. The summed E-state index contributed by atoms with van der Waals surface area (Å²) in [7, 11) is 1.58. The Labute approximate surface area is 132 Å². The van der Waals surface area contributed by atoms with Crippen LogP contribution in [0.15, 0.2) is 34.5 Å². The highest BCUT2D eigenvalue weighted by Gasteiger charge is 2.36. The van der Waals surface area contributed by atoms with Crippen LogP contribution in [0.5, 0.6) is 5.75 Å².